The number of nitrogens with one attached hydrogen (secondary N) is 1. The van der Waals surface area contributed by atoms with E-state index in [1.54, 1.807) is 0 Å². The largest absolute Gasteiger partial charge is 0.486 e. The fourth-order valence-corrected chi connectivity index (χ4v) is 2.59. The molecule has 1 fully saturated rings. The predicted molar refractivity (Wildman–Crippen MR) is 71.5 cm³/mol. The van der Waals surface area contributed by atoms with Crippen molar-refractivity contribution in [2.75, 3.05) is 43.5 Å². The first-order valence-corrected chi connectivity index (χ1v) is 6.43. The molecule has 2 heterocycles. The summed E-state index contributed by atoms with van der Waals surface area (Å²) in [6.45, 7) is 6.25. The highest BCUT2D eigenvalue weighted by Crippen LogP contribution is 2.44. The SMILES string of the molecule is CC1CNCCN1c1c(N)ccc2c1OCCO2. The van der Waals surface area contributed by atoms with Gasteiger partial charge in [-0.05, 0) is 19.1 Å². The smallest absolute Gasteiger partial charge is 0.186 e. The van der Waals surface area contributed by atoms with Crippen LogP contribution in [0, 0.1) is 0 Å². The highest BCUT2D eigenvalue weighted by molar-refractivity contribution is 5.79. The summed E-state index contributed by atoms with van der Waals surface area (Å²) >= 11 is 0. The minimum absolute atomic E-state index is 0.401. The summed E-state index contributed by atoms with van der Waals surface area (Å²) in [7, 11) is 0. The molecule has 2 aliphatic rings. The number of hydrogen-bond donors (Lipinski definition) is 2. The van der Waals surface area contributed by atoms with Crippen molar-refractivity contribution < 1.29 is 9.47 Å². The number of nitrogens with two attached hydrogens (primary N) is 1. The third-order valence-electron chi connectivity index (χ3n) is 3.50. The lowest BCUT2D eigenvalue weighted by Gasteiger charge is -2.38. The van der Waals surface area contributed by atoms with Gasteiger partial charge < -0.3 is 25.4 Å². The predicted octanol–water partition coefficient (Wildman–Crippen LogP) is 0.838. The molecule has 98 valence electrons. The molecule has 0 radical (unpaired) electrons. The molecular formula is C13H19N3O2. The van der Waals surface area contributed by atoms with E-state index in [9.17, 15) is 0 Å². The first-order chi connectivity index (χ1) is 8.77. The number of hydrogen-bond acceptors (Lipinski definition) is 5. The maximum absolute atomic E-state index is 6.14. The van der Waals surface area contributed by atoms with E-state index in [1.807, 2.05) is 12.1 Å². The first kappa shape index (κ1) is 11.5. The van der Waals surface area contributed by atoms with Crippen LogP contribution in [0.3, 0.4) is 0 Å². The monoisotopic (exact) mass is 249 g/mol. The Bertz CT molecular complexity index is 450. The Morgan fingerprint density at radius 2 is 2.17 bits per heavy atom. The zero-order valence-corrected chi connectivity index (χ0v) is 10.6. The number of nitrogens with zero attached hydrogens (tertiary/aromatic N) is 1. The van der Waals surface area contributed by atoms with Gasteiger partial charge in [0.2, 0.25) is 0 Å². The molecule has 1 atom stereocenters. The van der Waals surface area contributed by atoms with Gasteiger partial charge in [-0.3, -0.25) is 0 Å². The fraction of sp³-hybridized carbons (Fsp3) is 0.538. The molecule has 18 heavy (non-hydrogen) atoms. The van der Waals surface area contributed by atoms with E-state index in [0.29, 0.717) is 19.3 Å². The van der Waals surface area contributed by atoms with Gasteiger partial charge in [0, 0.05) is 25.7 Å². The van der Waals surface area contributed by atoms with E-state index < -0.39 is 0 Å². The Kier molecular flexibility index (Phi) is 2.91. The lowest BCUT2D eigenvalue weighted by Crippen LogP contribution is -2.50. The molecule has 0 saturated carbocycles. The summed E-state index contributed by atoms with van der Waals surface area (Å²) in [5.41, 5.74) is 7.88. The van der Waals surface area contributed by atoms with Crippen LogP contribution in [0.15, 0.2) is 12.1 Å². The lowest BCUT2D eigenvalue weighted by atomic mass is 10.1. The molecule has 1 unspecified atom stereocenters. The number of ether oxygens (including phenoxy) is 2. The second-order valence-corrected chi connectivity index (χ2v) is 4.77. The van der Waals surface area contributed by atoms with Crippen LogP contribution >= 0.6 is 0 Å². The Morgan fingerprint density at radius 1 is 1.33 bits per heavy atom. The summed E-state index contributed by atoms with van der Waals surface area (Å²) in [6.07, 6.45) is 0. The minimum atomic E-state index is 0.401. The van der Waals surface area contributed by atoms with Crippen molar-refractivity contribution in [2.45, 2.75) is 13.0 Å². The van der Waals surface area contributed by atoms with Crippen molar-refractivity contribution in [1.82, 2.24) is 5.32 Å². The van der Waals surface area contributed by atoms with Gasteiger partial charge in [0.25, 0.3) is 0 Å². The summed E-state index contributed by atoms with van der Waals surface area (Å²) in [6, 6.07) is 4.19. The maximum Gasteiger partial charge on any atom is 0.186 e. The topological polar surface area (TPSA) is 59.8 Å². The third kappa shape index (κ3) is 1.84. The normalized spacial score (nSPS) is 22.9. The van der Waals surface area contributed by atoms with E-state index in [2.05, 4.69) is 17.1 Å². The van der Waals surface area contributed by atoms with Crippen LogP contribution < -0.4 is 25.4 Å². The van der Waals surface area contributed by atoms with Crippen molar-refractivity contribution in [3.8, 4) is 11.5 Å². The molecule has 3 rings (SSSR count). The van der Waals surface area contributed by atoms with Gasteiger partial charge in [-0.25, -0.2) is 0 Å². The molecule has 0 bridgehead atoms. The fourth-order valence-electron chi connectivity index (χ4n) is 2.59. The number of rotatable bonds is 1. The minimum Gasteiger partial charge on any atom is -0.486 e. The first-order valence-electron chi connectivity index (χ1n) is 6.43. The standard InChI is InChI=1S/C13H19N3O2/c1-9-8-15-4-5-16(9)12-10(14)2-3-11-13(12)18-7-6-17-11/h2-3,9,15H,4-8,14H2,1H3. The quantitative estimate of drug-likeness (QED) is 0.722. The molecule has 0 aliphatic carbocycles. The highest BCUT2D eigenvalue weighted by Gasteiger charge is 2.27. The number of benzene rings is 1. The number of piperazine rings is 1. The van der Waals surface area contributed by atoms with Crippen LogP contribution in [0.25, 0.3) is 0 Å². The van der Waals surface area contributed by atoms with Gasteiger partial charge in [-0.2, -0.15) is 0 Å². The van der Waals surface area contributed by atoms with E-state index >= 15 is 0 Å². The zero-order valence-electron chi connectivity index (χ0n) is 10.6. The van der Waals surface area contributed by atoms with Crippen LogP contribution in [0.5, 0.6) is 11.5 Å². The van der Waals surface area contributed by atoms with Crippen LogP contribution in [0.1, 0.15) is 6.92 Å². The lowest BCUT2D eigenvalue weighted by molar-refractivity contribution is 0.172. The third-order valence-corrected chi connectivity index (χ3v) is 3.50. The molecule has 5 nitrogen and oxygen atoms in total. The van der Waals surface area contributed by atoms with Crippen LogP contribution in [-0.4, -0.2) is 38.9 Å². The molecule has 1 aromatic rings. The second-order valence-electron chi connectivity index (χ2n) is 4.77. The summed E-state index contributed by atoms with van der Waals surface area (Å²) in [5.74, 6) is 1.60. The van der Waals surface area contributed by atoms with E-state index in [0.717, 1.165) is 42.5 Å². The van der Waals surface area contributed by atoms with E-state index in [4.69, 9.17) is 15.2 Å². The van der Waals surface area contributed by atoms with Gasteiger partial charge in [0.1, 0.15) is 18.9 Å². The van der Waals surface area contributed by atoms with E-state index in [-0.39, 0.29) is 0 Å². The summed E-state index contributed by atoms with van der Waals surface area (Å²) < 4.78 is 11.4. The summed E-state index contributed by atoms with van der Waals surface area (Å²) in [5, 5.41) is 3.38. The van der Waals surface area contributed by atoms with Crippen LogP contribution in [0.2, 0.25) is 0 Å². The van der Waals surface area contributed by atoms with Crippen molar-refractivity contribution in [1.29, 1.82) is 0 Å². The molecule has 1 aromatic carbocycles. The van der Waals surface area contributed by atoms with Crippen molar-refractivity contribution >= 4 is 11.4 Å². The van der Waals surface area contributed by atoms with Gasteiger partial charge in [0.05, 0.1) is 5.69 Å². The van der Waals surface area contributed by atoms with Gasteiger partial charge in [-0.15, -0.1) is 0 Å². The van der Waals surface area contributed by atoms with Crippen molar-refractivity contribution in [2.24, 2.45) is 0 Å². The Morgan fingerprint density at radius 3 is 3.00 bits per heavy atom. The average Bonchev–Trinajstić information content (AvgIpc) is 2.40. The Balaban J connectivity index is 2.04. The van der Waals surface area contributed by atoms with E-state index in [1.165, 1.54) is 0 Å². The van der Waals surface area contributed by atoms with Crippen LogP contribution in [-0.2, 0) is 0 Å². The number of fused-ring (bicyclic) bond motifs is 1. The molecule has 0 aromatic heterocycles. The van der Waals surface area contributed by atoms with Crippen molar-refractivity contribution in [3.63, 3.8) is 0 Å². The number of nitrogen functional groups attached to an aromatic ring is 1. The highest BCUT2D eigenvalue weighted by atomic mass is 16.6. The Labute approximate surface area is 107 Å². The summed E-state index contributed by atoms with van der Waals surface area (Å²) in [4.78, 5) is 2.30. The zero-order chi connectivity index (χ0) is 12.5. The molecule has 0 spiro atoms. The Hall–Kier alpha value is -1.62. The molecule has 1 saturated heterocycles. The molecule has 3 N–H and O–H groups in total. The molecule has 2 aliphatic heterocycles. The molecule has 0 amide bonds. The second kappa shape index (κ2) is 4.57. The average molecular weight is 249 g/mol. The molecule has 5 heteroatoms. The van der Waals surface area contributed by atoms with Gasteiger partial charge in [0.15, 0.2) is 11.5 Å². The van der Waals surface area contributed by atoms with Crippen molar-refractivity contribution in [3.05, 3.63) is 12.1 Å². The van der Waals surface area contributed by atoms with Crippen LogP contribution in [0.4, 0.5) is 11.4 Å². The molecular weight excluding hydrogens is 230 g/mol. The maximum atomic E-state index is 6.14. The number of anilines is 2. The van der Waals surface area contributed by atoms with Gasteiger partial charge >= 0.3 is 0 Å². The van der Waals surface area contributed by atoms with Gasteiger partial charge in [-0.1, -0.05) is 0 Å².